The Kier molecular flexibility index (Phi) is 4.38. The van der Waals surface area contributed by atoms with Gasteiger partial charge >= 0.3 is 0 Å². The molecule has 2 aliphatic carbocycles. The molecule has 2 saturated carbocycles. The molecule has 2 aliphatic rings. The lowest BCUT2D eigenvalue weighted by atomic mass is 9.71. The van der Waals surface area contributed by atoms with E-state index in [0.717, 1.165) is 38.1 Å². The lowest BCUT2D eigenvalue weighted by Gasteiger charge is -2.41. The van der Waals surface area contributed by atoms with E-state index in [1.807, 2.05) is 0 Å². The molecule has 0 spiro atoms. The van der Waals surface area contributed by atoms with Gasteiger partial charge in [-0.2, -0.15) is 0 Å². The predicted molar refractivity (Wildman–Crippen MR) is 76.6 cm³/mol. The molecule has 0 radical (unpaired) electrons. The van der Waals surface area contributed by atoms with Gasteiger partial charge in [0.1, 0.15) is 0 Å². The molecule has 2 rings (SSSR count). The molecule has 0 heterocycles. The van der Waals surface area contributed by atoms with Crippen LogP contribution in [-0.4, -0.2) is 23.3 Å². The van der Waals surface area contributed by atoms with Crippen LogP contribution >= 0.6 is 0 Å². The molecule has 0 saturated heterocycles. The number of hydrogen-bond donors (Lipinski definition) is 2. The van der Waals surface area contributed by atoms with E-state index in [4.69, 9.17) is 0 Å². The first-order chi connectivity index (χ1) is 8.44. The van der Waals surface area contributed by atoms with Crippen molar-refractivity contribution in [1.29, 1.82) is 0 Å². The molecule has 106 valence electrons. The molecule has 2 unspecified atom stereocenters. The van der Waals surface area contributed by atoms with Gasteiger partial charge in [-0.25, -0.2) is 0 Å². The summed E-state index contributed by atoms with van der Waals surface area (Å²) in [5.74, 6) is 0.841. The van der Waals surface area contributed by atoms with Crippen molar-refractivity contribution in [3.8, 4) is 0 Å². The topological polar surface area (TPSA) is 32.3 Å². The Morgan fingerprint density at radius 1 is 1.11 bits per heavy atom. The molecule has 0 aromatic rings. The summed E-state index contributed by atoms with van der Waals surface area (Å²) in [6.07, 6.45) is 9.58. The highest BCUT2D eigenvalue weighted by Crippen LogP contribution is 2.40. The second-order valence-corrected chi connectivity index (χ2v) is 7.48. The average Bonchev–Trinajstić information content (AvgIpc) is 2.79. The summed E-state index contributed by atoms with van der Waals surface area (Å²) in [7, 11) is 0. The zero-order valence-electron chi connectivity index (χ0n) is 12.5. The molecule has 2 N–H and O–H groups in total. The van der Waals surface area contributed by atoms with Crippen LogP contribution in [-0.2, 0) is 0 Å². The third kappa shape index (κ3) is 3.48. The Bertz CT molecular complexity index is 264. The Labute approximate surface area is 113 Å². The third-order valence-corrected chi connectivity index (χ3v) is 5.41. The summed E-state index contributed by atoms with van der Waals surface area (Å²) < 4.78 is 0. The quantitative estimate of drug-likeness (QED) is 0.804. The van der Waals surface area contributed by atoms with Crippen LogP contribution in [0.3, 0.4) is 0 Å². The van der Waals surface area contributed by atoms with Gasteiger partial charge in [0, 0.05) is 12.6 Å². The molecular weight excluding hydrogens is 222 g/mol. The lowest BCUT2D eigenvalue weighted by Crippen LogP contribution is -2.48. The standard InChI is InChI=1S/C16H31NO/c1-4-13-6-5-7-14(13)17-12-16(18)10-8-15(2,3)9-11-16/h13-14,17-18H,4-12H2,1-3H3. The second-order valence-electron chi connectivity index (χ2n) is 7.48. The Morgan fingerprint density at radius 2 is 1.78 bits per heavy atom. The van der Waals surface area contributed by atoms with Gasteiger partial charge in [-0.15, -0.1) is 0 Å². The minimum absolute atomic E-state index is 0.434. The monoisotopic (exact) mass is 253 g/mol. The van der Waals surface area contributed by atoms with E-state index in [-0.39, 0.29) is 0 Å². The smallest absolute Gasteiger partial charge is 0.0772 e. The van der Waals surface area contributed by atoms with Crippen molar-refractivity contribution in [1.82, 2.24) is 5.32 Å². The van der Waals surface area contributed by atoms with Crippen LogP contribution in [0.4, 0.5) is 0 Å². The van der Waals surface area contributed by atoms with Crippen LogP contribution in [0.1, 0.15) is 72.1 Å². The highest BCUT2D eigenvalue weighted by Gasteiger charge is 2.37. The number of hydrogen-bond acceptors (Lipinski definition) is 2. The summed E-state index contributed by atoms with van der Waals surface area (Å²) >= 11 is 0. The van der Waals surface area contributed by atoms with E-state index in [2.05, 4.69) is 26.1 Å². The average molecular weight is 253 g/mol. The minimum atomic E-state index is -0.434. The van der Waals surface area contributed by atoms with E-state index in [1.54, 1.807) is 0 Å². The van der Waals surface area contributed by atoms with Gasteiger partial charge in [0.05, 0.1) is 5.60 Å². The van der Waals surface area contributed by atoms with E-state index < -0.39 is 5.60 Å². The van der Waals surface area contributed by atoms with Crippen molar-refractivity contribution < 1.29 is 5.11 Å². The van der Waals surface area contributed by atoms with Gasteiger partial charge in [0.15, 0.2) is 0 Å². The van der Waals surface area contributed by atoms with Gasteiger partial charge < -0.3 is 10.4 Å². The number of rotatable bonds is 4. The zero-order valence-corrected chi connectivity index (χ0v) is 12.5. The molecule has 2 heteroatoms. The van der Waals surface area contributed by atoms with Crippen molar-refractivity contribution >= 4 is 0 Å². The van der Waals surface area contributed by atoms with Crippen LogP contribution in [0.2, 0.25) is 0 Å². The highest BCUT2D eigenvalue weighted by molar-refractivity contribution is 4.92. The fourth-order valence-corrected chi connectivity index (χ4v) is 3.68. The van der Waals surface area contributed by atoms with E-state index in [0.29, 0.717) is 11.5 Å². The molecule has 0 aliphatic heterocycles. The van der Waals surface area contributed by atoms with Gasteiger partial charge in [-0.1, -0.05) is 33.6 Å². The minimum Gasteiger partial charge on any atom is -0.389 e. The van der Waals surface area contributed by atoms with Gasteiger partial charge in [-0.05, 0) is 49.9 Å². The first-order valence-electron chi connectivity index (χ1n) is 7.90. The fraction of sp³-hybridized carbons (Fsp3) is 1.00. The van der Waals surface area contributed by atoms with Crippen molar-refractivity contribution in [2.75, 3.05) is 6.54 Å². The fourth-order valence-electron chi connectivity index (χ4n) is 3.68. The van der Waals surface area contributed by atoms with Crippen molar-refractivity contribution in [3.63, 3.8) is 0 Å². The largest absolute Gasteiger partial charge is 0.389 e. The first-order valence-corrected chi connectivity index (χ1v) is 7.90. The van der Waals surface area contributed by atoms with Gasteiger partial charge in [0.25, 0.3) is 0 Å². The highest BCUT2D eigenvalue weighted by atomic mass is 16.3. The maximum absolute atomic E-state index is 10.7. The molecule has 2 atom stereocenters. The maximum Gasteiger partial charge on any atom is 0.0772 e. The Balaban J connectivity index is 1.79. The molecule has 2 nitrogen and oxygen atoms in total. The summed E-state index contributed by atoms with van der Waals surface area (Å²) in [4.78, 5) is 0. The normalized spacial score (nSPS) is 34.7. The third-order valence-electron chi connectivity index (χ3n) is 5.41. The molecule has 0 bridgehead atoms. The van der Waals surface area contributed by atoms with Crippen LogP contribution in [0.25, 0.3) is 0 Å². The maximum atomic E-state index is 10.7. The summed E-state index contributed by atoms with van der Waals surface area (Å²) in [5.41, 5.74) is 0.00193. The number of aliphatic hydroxyl groups is 1. The molecule has 2 fully saturated rings. The SMILES string of the molecule is CCC1CCCC1NCC1(O)CCC(C)(C)CC1. The molecule has 0 amide bonds. The molecule has 0 aromatic heterocycles. The second kappa shape index (κ2) is 5.50. The Hall–Kier alpha value is -0.0800. The van der Waals surface area contributed by atoms with Crippen LogP contribution in [0.5, 0.6) is 0 Å². The van der Waals surface area contributed by atoms with E-state index in [9.17, 15) is 5.11 Å². The predicted octanol–water partition coefficient (Wildman–Crippen LogP) is 3.49. The van der Waals surface area contributed by atoms with Crippen molar-refractivity contribution in [3.05, 3.63) is 0 Å². The van der Waals surface area contributed by atoms with Gasteiger partial charge in [0.2, 0.25) is 0 Å². The Morgan fingerprint density at radius 3 is 2.39 bits per heavy atom. The summed E-state index contributed by atoms with van der Waals surface area (Å²) in [5, 5.41) is 14.3. The first kappa shape index (κ1) is 14.3. The summed E-state index contributed by atoms with van der Waals surface area (Å²) in [6, 6.07) is 0.661. The molecule has 18 heavy (non-hydrogen) atoms. The van der Waals surface area contributed by atoms with Crippen molar-refractivity contribution in [2.24, 2.45) is 11.3 Å². The summed E-state index contributed by atoms with van der Waals surface area (Å²) in [6.45, 7) is 7.75. The van der Waals surface area contributed by atoms with Gasteiger partial charge in [-0.3, -0.25) is 0 Å². The van der Waals surface area contributed by atoms with Crippen LogP contribution in [0, 0.1) is 11.3 Å². The van der Waals surface area contributed by atoms with E-state index >= 15 is 0 Å². The molecular formula is C16H31NO. The van der Waals surface area contributed by atoms with Crippen LogP contribution < -0.4 is 5.32 Å². The number of nitrogens with one attached hydrogen (secondary N) is 1. The van der Waals surface area contributed by atoms with Crippen LogP contribution in [0.15, 0.2) is 0 Å². The lowest BCUT2D eigenvalue weighted by molar-refractivity contribution is -0.0268. The van der Waals surface area contributed by atoms with Crippen molar-refractivity contribution in [2.45, 2.75) is 83.8 Å². The molecule has 0 aromatic carbocycles. The van der Waals surface area contributed by atoms with E-state index in [1.165, 1.54) is 25.7 Å². The zero-order chi connectivity index (χ0) is 13.2.